The lowest BCUT2D eigenvalue weighted by molar-refractivity contribution is 0.0935. The molecule has 1 N–H and O–H groups in total. The predicted molar refractivity (Wildman–Crippen MR) is 86.2 cm³/mol. The second-order valence-corrected chi connectivity index (χ2v) is 5.85. The fourth-order valence-electron chi connectivity index (χ4n) is 2.40. The van der Waals surface area contributed by atoms with Crippen LogP contribution in [-0.4, -0.2) is 34.9 Å². The minimum atomic E-state index is -0.206. The molecule has 6 nitrogen and oxygen atoms in total. The predicted octanol–water partition coefficient (Wildman–Crippen LogP) is 2.52. The van der Waals surface area contributed by atoms with Crippen LogP contribution in [0.5, 0.6) is 11.5 Å². The number of aromatic nitrogens is 2. The number of benzene rings is 1. The van der Waals surface area contributed by atoms with Crippen molar-refractivity contribution < 1.29 is 14.3 Å². The molecule has 1 aromatic heterocycles. The van der Waals surface area contributed by atoms with Crippen molar-refractivity contribution in [3.63, 3.8) is 0 Å². The number of rotatable bonds is 4. The molecule has 0 fully saturated rings. The first-order valence-corrected chi connectivity index (χ1v) is 7.88. The van der Waals surface area contributed by atoms with Crippen LogP contribution in [0.4, 0.5) is 0 Å². The first-order valence-electron chi connectivity index (χ1n) is 7.51. The summed E-state index contributed by atoms with van der Waals surface area (Å²) < 4.78 is 12.9. The summed E-state index contributed by atoms with van der Waals surface area (Å²) in [4.78, 5) is 12.4. The molecule has 1 amide bonds. The van der Waals surface area contributed by atoms with Gasteiger partial charge in [0.25, 0.3) is 5.91 Å². The Labute approximate surface area is 139 Å². The first-order chi connectivity index (χ1) is 11.1. The highest BCUT2D eigenvalue weighted by Gasteiger charge is 2.19. The molecule has 0 aliphatic carbocycles. The van der Waals surface area contributed by atoms with Gasteiger partial charge in [0.1, 0.15) is 0 Å². The number of halogens is 1. The molecule has 1 aromatic carbocycles. The van der Waals surface area contributed by atoms with E-state index in [2.05, 4.69) is 10.4 Å². The monoisotopic (exact) mass is 335 g/mol. The van der Waals surface area contributed by atoms with E-state index in [4.69, 9.17) is 21.1 Å². The van der Waals surface area contributed by atoms with Crippen molar-refractivity contribution in [2.45, 2.75) is 25.9 Å². The van der Waals surface area contributed by atoms with Gasteiger partial charge in [-0.1, -0.05) is 11.6 Å². The Kier molecular flexibility index (Phi) is 4.71. The molecule has 1 aliphatic rings. The molecule has 0 unspecified atom stereocenters. The Hall–Kier alpha value is -2.21. The van der Waals surface area contributed by atoms with Crippen molar-refractivity contribution in [3.05, 3.63) is 41.2 Å². The number of amides is 1. The average Bonchev–Trinajstić information content (AvgIpc) is 2.89. The van der Waals surface area contributed by atoms with Crippen LogP contribution >= 0.6 is 11.6 Å². The molecule has 3 rings (SSSR count). The van der Waals surface area contributed by atoms with Gasteiger partial charge >= 0.3 is 0 Å². The largest absolute Gasteiger partial charge is 0.489 e. The van der Waals surface area contributed by atoms with E-state index in [0.29, 0.717) is 41.8 Å². The SMILES string of the molecule is C[C@H](Cn1cccn1)NC(=O)c1cc(Cl)c2c(c1)OCCCO2. The lowest BCUT2D eigenvalue weighted by atomic mass is 10.1. The van der Waals surface area contributed by atoms with Crippen molar-refractivity contribution in [1.29, 1.82) is 0 Å². The molecular weight excluding hydrogens is 318 g/mol. The van der Waals surface area contributed by atoms with E-state index >= 15 is 0 Å². The minimum Gasteiger partial charge on any atom is -0.489 e. The Morgan fingerprint density at radius 2 is 2.26 bits per heavy atom. The molecule has 1 aliphatic heterocycles. The molecule has 122 valence electrons. The summed E-state index contributed by atoms with van der Waals surface area (Å²) in [6, 6.07) is 5.04. The number of carbonyl (C=O) groups is 1. The molecule has 0 spiro atoms. The van der Waals surface area contributed by atoms with Crippen LogP contribution in [0, 0.1) is 0 Å². The van der Waals surface area contributed by atoms with Gasteiger partial charge in [-0.25, -0.2) is 0 Å². The van der Waals surface area contributed by atoms with Crippen LogP contribution in [0.3, 0.4) is 0 Å². The van der Waals surface area contributed by atoms with E-state index in [1.54, 1.807) is 23.0 Å². The Morgan fingerprint density at radius 1 is 1.43 bits per heavy atom. The van der Waals surface area contributed by atoms with E-state index in [1.807, 2.05) is 19.2 Å². The summed E-state index contributed by atoms with van der Waals surface area (Å²) in [6.45, 7) is 3.62. The lowest BCUT2D eigenvalue weighted by Gasteiger charge is -2.15. The fraction of sp³-hybridized carbons (Fsp3) is 0.375. The van der Waals surface area contributed by atoms with Crippen molar-refractivity contribution in [1.82, 2.24) is 15.1 Å². The average molecular weight is 336 g/mol. The fourth-order valence-corrected chi connectivity index (χ4v) is 2.67. The molecule has 7 heteroatoms. The number of carbonyl (C=O) groups excluding carboxylic acids is 1. The molecule has 2 heterocycles. The summed E-state index contributed by atoms with van der Waals surface area (Å²) in [6.07, 6.45) is 4.35. The highest BCUT2D eigenvalue weighted by atomic mass is 35.5. The van der Waals surface area contributed by atoms with Crippen molar-refractivity contribution >= 4 is 17.5 Å². The molecular formula is C16H18ClN3O3. The normalized spacial score (nSPS) is 14.9. The number of fused-ring (bicyclic) bond motifs is 1. The van der Waals surface area contributed by atoms with E-state index in [1.165, 1.54) is 0 Å². The number of nitrogens with zero attached hydrogens (tertiary/aromatic N) is 2. The van der Waals surface area contributed by atoms with Gasteiger partial charge in [-0.15, -0.1) is 0 Å². The van der Waals surface area contributed by atoms with E-state index in [0.717, 1.165) is 6.42 Å². The summed E-state index contributed by atoms with van der Waals surface area (Å²) >= 11 is 6.22. The maximum absolute atomic E-state index is 12.4. The smallest absolute Gasteiger partial charge is 0.251 e. The quantitative estimate of drug-likeness (QED) is 0.932. The molecule has 23 heavy (non-hydrogen) atoms. The third kappa shape index (κ3) is 3.76. The summed E-state index contributed by atoms with van der Waals surface area (Å²) in [5, 5.41) is 7.44. The van der Waals surface area contributed by atoms with Crippen LogP contribution in [0.15, 0.2) is 30.6 Å². The maximum atomic E-state index is 12.4. The molecule has 2 aromatic rings. The zero-order chi connectivity index (χ0) is 16.2. The second kappa shape index (κ2) is 6.91. The van der Waals surface area contributed by atoms with Gasteiger partial charge in [0.15, 0.2) is 11.5 Å². The van der Waals surface area contributed by atoms with E-state index in [9.17, 15) is 4.79 Å². The zero-order valence-corrected chi connectivity index (χ0v) is 13.5. The molecule has 0 bridgehead atoms. The van der Waals surface area contributed by atoms with Crippen molar-refractivity contribution in [2.24, 2.45) is 0 Å². The number of hydrogen-bond acceptors (Lipinski definition) is 4. The standard InChI is InChI=1S/C16H18ClN3O3/c1-11(10-20-5-2-4-18-20)19-16(21)12-8-13(17)15-14(9-12)22-6-3-7-23-15/h2,4-5,8-9,11H,3,6-7,10H2,1H3,(H,19,21)/t11-/m1/s1. The van der Waals surface area contributed by atoms with Gasteiger partial charge < -0.3 is 14.8 Å². The van der Waals surface area contributed by atoms with Crippen LogP contribution in [0.1, 0.15) is 23.7 Å². The van der Waals surface area contributed by atoms with Crippen LogP contribution in [0.2, 0.25) is 5.02 Å². The summed E-state index contributed by atoms with van der Waals surface area (Å²) in [5.41, 5.74) is 0.451. The van der Waals surface area contributed by atoms with Crippen LogP contribution < -0.4 is 14.8 Å². The molecule has 0 saturated heterocycles. The zero-order valence-electron chi connectivity index (χ0n) is 12.8. The number of hydrogen-bond donors (Lipinski definition) is 1. The Bertz CT molecular complexity index is 688. The summed E-state index contributed by atoms with van der Waals surface area (Å²) in [7, 11) is 0. The topological polar surface area (TPSA) is 65.4 Å². The Balaban J connectivity index is 1.72. The third-order valence-electron chi connectivity index (χ3n) is 3.46. The van der Waals surface area contributed by atoms with Gasteiger partial charge in [-0.05, 0) is 25.1 Å². The maximum Gasteiger partial charge on any atom is 0.251 e. The second-order valence-electron chi connectivity index (χ2n) is 5.44. The molecule has 1 atom stereocenters. The Morgan fingerprint density at radius 3 is 3.04 bits per heavy atom. The molecule has 0 saturated carbocycles. The van der Waals surface area contributed by atoms with Gasteiger partial charge in [-0.2, -0.15) is 5.10 Å². The van der Waals surface area contributed by atoms with Crippen LogP contribution in [-0.2, 0) is 6.54 Å². The molecule has 0 radical (unpaired) electrons. The van der Waals surface area contributed by atoms with Gasteiger partial charge in [0, 0.05) is 30.4 Å². The van der Waals surface area contributed by atoms with E-state index in [-0.39, 0.29) is 11.9 Å². The number of nitrogens with one attached hydrogen (secondary N) is 1. The van der Waals surface area contributed by atoms with Crippen LogP contribution in [0.25, 0.3) is 0 Å². The highest BCUT2D eigenvalue weighted by molar-refractivity contribution is 6.32. The first kappa shape index (κ1) is 15.7. The van der Waals surface area contributed by atoms with E-state index < -0.39 is 0 Å². The lowest BCUT2D eigenvalue weighted by Crippen LogP contribution is -2.35. The third-order valence-corrected chi connectivity index (χ3v) is 3.74. The van der Waals surface area contributed by atoms with Gasteiger partial charge in [0.05, 0.1) is 24.8 Å². The van der Waals surface area contributed by atoms with Crippen molar-refractivity contribution in [3.8, 4) is 11.5 Å². The minimum absolute atomic E-state index is 0.0721. The highest BCUT2D eigenvalue weighted by Crippen LogP contribution is 2.37. The van der Waals surface area contributed by atoms with Crippen molar-refractivity contribution in [2.75, 3.05) is 13.2 Å². The number of ether oxygens (including phenoxy) is 2. The van der Waals surface area contributed by atoms with Gasteiger partial charge in [0.2, 0.25) is 0 Å². The van der Waals surface area contributed by atoms with Gasteiger partial charge in [-0.3, -0.25) is 9.48 Å². The summed E-state index contributed by atoms with van der Waals surface area (Å²) in [5.74, 6) is 0.812.